The summed E-state index contributed by atoms with van der Waals surface area (Å²) in [5, 5.41) is 1.96. The van der Waals surface area contributed by atoms with Gasteiger partial charge in [0.15, 0.2) is 5.16 Å². The predicted molar refractivity (Wildman–Crippen MR) is 84.2 cm³/mol. The van der Waals surface area contributed by atoms with Crippen molar-refractivity contribution in [2.45, 2.75) is 50.6 Å². The highest BCUT2D eigenvalue weighted by Gasteiger charge is 2.24. The Morgan fingerprint density at radius 1 is 1.42 bits per heavy atom. The third-order valence-corrected chi connectivity index (χ3v) is 5.85. The van der Waals surface area contributed by atoms with Crippen molar-refractivity contribution in [3.63, 3.8) is 0 Å². The van der Waals surface area contributed by atoms with E-state index >= 15 is 0 Å². The minimum atomic E-state index is 0.595. The highest BCUT2D eigenvalue weighted by Crippen LogP contribution is 2.43. The zero-order chi connectivity index (χ0) is 13.4. The Morgan fingerprint density at radius 2 is 2.26 bits per heavy atom. The van der Waals surface area contributed by atoms with Crippen LogP contribution < -0.4 is 5.73 Å². The molecule has 0 amide bonds. The Labute approximate surface area is 122 Å². The molecule has 1 atom stereocenters. The largest absolute Gasteiger partial charge is 0.383 e. The van der Waals surface area contributed by atoms with Gasteiger partial charge in [0.25, 0.3) is 0 Å². The van der Waals surface area contributed by atoms with Crippen LogP contribution in [-0.4, -0.2) is 15.7 Å². The van der Waals surface area contributed by atoms with Crippen molar-refractivity contribution in [3.8, 4) is 0 Å². The zero-order valence-electron chi connectivity index (χ0n) is 11.4. The van der Waals surface area contributed by atoms with E-state index in [2.05, 4.69) is 18.8 Å². The quantitative estimate of drug-likeness (QED) is 0.680. The first-order valence-electron chi connectivity index (χ1n) is 6.92. The summed E-state index contributed by atoms with van der Waals surface area (Å²) in [5.41, 5.74) is 7.63. The van der Waals surface area contributed by atoms with Crippen molar-refractivity contribution < 1.29 is 0 Å². The van der Waals surface area contributed by atoms with Crippen molar-refractivity contribution >= 4 is 39.1 Å². The number of rotatable bonds is 3. The van der Waals surface area contributed by atoms with Gasteiger partial charge in [-0.1, -0.05) is 25.6 Å². The Morgan fingerprint density at radius 3 is 3.05 bits per heavy atom. The molecule has 0 saturated carbocycles. The van der Waals surface area contributed by atoms with E-state index in [-0.39, 0.29) is 0 Å². The summed E-state index contributed by atoms with van der Waals surface area (Å²) >= 11 is 3.52. The fraction of sp³-hybridized carbons (Fsp3) is 0.571. The number of thiophene rings is 1. The van der Waals surface area contributed by atoms with E-state index in [0.29, 0.717) is 11.7 Å². The van der Waals surface area contributed by atoms with Gasteiger partial charge in [-0.2, -0.15) is 0 Å². The topological polar surface area (TPSA) is 51.8 Å². The molecular formula is C14H19N3S2. The highest BCUT2D eigenvalue weighted by atomic mass is 32.2. The van der Waals surface area contributed by atoms with Gasteiger partial charge < -0.3 is 5.73 Å². The van der Waals surface area contributed by atoms with Crippen molar-refractivity contribution in [3.05, 3.63) is 10.4 Å². The molecule has 3 nitrogen and oxygen atoms in total. The number of nitrogens with zero attached hydrogens (tertiary/aromatic N) is 2. The first kappa shape index (κ1) is 13.2. The standard InChI is InChI=1S/C14H19N3S2/c1-3-7-18-14-16-12(15)11-10-8(2)5-4-6-9(10)19-13(11)17-14/h8H,3-7H2,1-2H3,(H2,15,16,17)/t8-/m1/s1. The summed E-state index contributed by atoms with van der Waals surface area (Å²) in [6, 6.07) is 0. The molecule has 1 aliphatic rings. The summed E-state index contributed by atoms with van der Waals surface area (Å²) in [7, 11) is 0. The number of anilines is 1. The average molecular weight is 293 g/mol. The van der Waals surface area contributed by atoms with Crippen LogP contribution in [-0.2, 0) is 6.42 Å². The van der Waals surface area contributed by atoms with Gasteiger partial charge in [-0.05, 0) is 37.2 Å². The normalized spacial score (nSPS) is 18.7. The predicted octanol–water partition coefficient (Wildman–Crippen LogP) is 4.22. The summed E-state index contributed by atoms with van der Waals surface area (Å²) in [6.45, 7) is 4.46. The minimum absolute atomic E-state index is 0.595. The molecule has 2 aromatic heterocycles. The number of hydrogen-bond acceptors (Lipinski definition) is 5. The Bertz CT molecular complexity index is 606. The molecule has 5 heteroatoms. The molecular weight excluding hydrogens is 274 g/mol. The fourth-order valence-corrected chi connectivity index (χ4v) is 4.86. The van der Waals surface area contributed by atoms with Crippen molar-refractivity contribution in [2.24, 2.45) is 0 Å². The lowest BCUT2D eigenvalue weighted by Gasteiger charge is -2.18. The first-order chi connectivity index (χ1) is 9.20. The van der Waals surface area contributed by atoms with E-state index in [1.165, 1.54) is 29.7 Å². The number of thioether (sulfide) groups is 1. The van der Waals surface area contributed by atoms with Crippen LogP contribution in [0.3, 0.4) is 0 Å². The molecule has 0 saturated heterocycles. The van der Waals surface area contributed by atoms with Gasteiger partial charge in [-0.25, -0.2) is 9.97 Å². The van der Waals surface area contributed by atoms with E-state index in [1.54, 1.807) is 11.8 Å². The van der Waals surface area contributed by atoms with E-state index in [4.69, 9.17) is 10.7 Å². The lowest BCUT2D eigenvalue weighted by molar-refractivity contribution is 0.602. The van der Waals surface area contributed by atoms with Crippen LogP contribution in [0.4, 0.5) is 5.82 Å². The molecule has 19 heavy (non-hydrogen) atoms. The number of aromatic nitrogens is 2. The van der Waals surface area contributed by atoms with E-state index in [1.807, 2.05) is 11.3 Å². The summed E-state index contributed by atoms with van der Waals surface area (Å²) in [6.07, 6.45) is 4.85. The second-order valence-corrected chi connectivity index (χ2v) is 7.30. The molecule has 0 fully saturated rings. The van der Waals surface area contributed by atoms with Gasteiger partial charge in [0.1, 0.15) is 10.6 Å². The molecule has 0 aromatic carbocycles. The van der Waals surface area contributed by atoms with Gasteiger partial charge in [-0.3, -0.25) is 0 Å². The molecule has 3 rings (SSSR count). The smallest absolute Gasteiger partial charge is 0.190 e. The highest BCUT2D eigenvalue weighted by molar-refractivity contribution is 7.99. The summed E-state index contributed by atoms with van der Waals surface area (Å²) in [4.78, 5) is 11.8. The summed E-state index contributed by atoms with van der Waals surface area (Å²) < 4.78 is 0. The molecule has 0 aliphatic heterocycles. The van der Waals surface area contributed by atoms with Crippen molar-refractivity contribution in [2.75, 3.05) is 11.5 Å². The fourth-order valence-electron chi connectivity index (χ4n) is 2.75. The maximum atomic E-state index is 6.20. The monoisotopic (exact) mass is 293 g/mol. The van der Waals surface area contributed by atoms with Gasteiger partial charge >= 0.3 is 0 Å². The van der Waals surface area contributed by atoms with Crippen LogP contribution in [0.1, 0.15) is 49.5 Å². The SMILES string of the molecule is CCCSc1nc(N)c2c3c(sc2n1)CCC[C@H]3C. The Hall–Kier alpha value is -0.810. The molecule has 102 valence electrons. The zero-order valence-corrected chi connectivity index (χ0v) is 13.0. The maximum absolute atomic E-state index is 6.20. The van der Waals surface area contributed by atoms with Gasteiger partial charge in [0, 0.05) is 10.6 Å². The van der Waals surface area contributed by atoms with Crippen LogP contribution in [0.15, 0.2) is 5.16 Å². The van der Waals surface area contributed by atoms with Crippen molar-refractivity contribution in [1.82, 2.24) is 9.97 Å². The molecule has 2 N–H and O–H groups in total. The number of hydrogen-bond donors (Lipinski definition) is 1. The maximum Gasteiger partial charge on any atom is 0.190 e. The van der Waals surface area contributed by atoms with Crippen molar-refractivity contribution in [1.29, 1.82) is 0 Å². The van der Waals surface area contributed by atoms with Gasteiger partial charge in [0.2, 0.25) is 0 Å². The molecule has 0 radical (unpaired) electrons. The van der Waals surface area contributed by atoms with Gasteiger partial charge in [0.05, 0.1) is 5.39 Å². The molecule has 2 heterocycles. The van der Waals surface area contributed by atoms with Crippen LogP contribution in [0.5, 0.6) is 0 Å². The number of aryl methyl sites for hydroxylation is 1. The minimum Gasteiger partial charge on any atom is -0.383 e. The Balaban J connectivity index is 2.11. The first-order valence-corrected chi connectivity index (χ1v) is 8.72. The van der Waals surface area contributed by atoms with Crippen LogP contribution >= 0.6 is 23.1 Å². The number of fused-ring (bicyclic) bond motifs is 3. The van der Waals surface area contributed by atoms with Gasteiger partial charge in [-0.15, -0.1) is 11.3 Å². The van der Waals surface area contributed by atoms with Crippen LogP contribution in [0, 0.1) is 0 Å². The molecule has 1 aliphatic carbocycles. The van der Waals surface area contributed by atoms with Crippen LogP contribution in [0.2, 0.25) is 0 Å². The third-order valence-electron chi connectivity index (χ3n) is 3.64. The Kier molecular flexibility index (Phi) is 3.67. The lowest BCUT2D eigenvalue weighted by atomic mass is 9.87. The third kappa shape index (κ3) is 2.34. The van der Waals surface area contributed by atoms with Crippen LogP contribution in [0.25, 0.3) is 10.2 Å². The second kappa shape index (κ2) is 5.29. The molecule has 0 unspecified atom stereocenters. The molecule has 0 spiro atoms. The lowest BCUT2D eigenvalue weighted by Crippen LogP contribution is -2.05. The van der Waals surface area contributed by atoms with E-state index in [9.17, 15) is 0 Å². The van der Waals surface area contributed by atoms with E-state index < -0.39 is 0 Å². The molecule has 0 bridgehead atoms. The summed E-state index contributed by atoms with van der Waals surface area (Å²) in [5.74, 6) is 2.32. The second-order valence-electron chi connectivity index (χ2n) is 5.15. The molecule has 2 aromatic rings. The number of nitrogen functional groups attached to an aromatic ring is 1. The average Bonchev–Trinajstić information content (AvgIpc) is 2.76. The van der Waals surface area contributed by atoms with E-state index in [0.717, 1.165) is 27.5 Å². The number of nitrogens with two attached hydrogens (primary N) is 1.